The highest BCUT2D eigenvalue weighted by molar-refractivity contribution is 5.75. The molecule has 0 aliphatic carbocycles. The number of hydrogen-bond donors (Lipinski definition) is 1. The number of aromatic nitrogens is 2. The van der Waals surface area contributed by atoms with Crippen LogP contribution in [-0.2, 0) is 6.42 Å². The Labute approximate surface area is 80.9 Å². The molecule has 4 nitrogen and oxygen atoms in total. The summed E-state index contributed by atoms with van der Waals surface area (Å²) in [4.78, 5) is 14.7. The minimum Gasteiger partial charge on any atom is -0.337 e. The van der Waals surface area contributed by atoms with Crippen LogP contribution in [0.4, 0.5) is 0 Å². The first kappa shape index (κ1) is 8.99. The van der Waals surface area contributed by atoms with E-state index in [9.17, 15) is 4.79 Å². The number of fused-ring (bicyclic) bond motifs is 1. The Morgan fingerprint density at radius 3 is 3.07 bits per heavy atom. The Bertz CT molecular complexity index is 510. The van der Waals surface area contributed by atoms with Gasteiger partial charge in [-0.25, -0.2) is 0 Å². The fraction of sp³-hybridized carbons (Fsp3) is 0.400. The summed E-state index contributed by atoms with van der Waals surface area (Å²) in [6.07, 6.45) is 1.85. The first-order valence-electron chi connectivity index (χ1n) is 4.70. The number of aryl methyl sites for hydroxylation is 2. The van der Waals surface area contributed by atoms with Crippen molar-refractivity contribution in [3.63, 3.8) is 0 Å². The lowest BCUT2D eigenvalue weighted by atomic mass is 10.2. The van der Waals surface area contributed by atoms with Gasteiger partial charge in [-0.05, 0) is 13.3 Å². The number of rotatable bonds is 2. The second-order valence-electron chi connectivity index (χ2n) is 3.38. The number of nitrogens with zero attached hydrogens (tertiary/aromatic N) is 1. The highest BCUT2D eigenvalue weighted by Gasteiger charge is 2.09. The number of H-pyrrole nitrogens is 1. The molecule has 2 aromatic heterocycles. The van der Waals surface area contributed by atoms with Gasteiger partial charge in [0.1, 0.15) is 5.39 Å². The summed E-state index contributed by atoms with van der Waals surface area (Å²) in [5.41, 5.74) is 2.02. The van der Waals surface area contributed by atoms with E-state index in [-0.39, 0.29) is 5.43 Å². The molecule has 4 heteroatoms. The monoisotopic (exact) mass is 192 g/mol. The molecule has 0 bridgehead atoms. The van der Waals surface area contributed by atoms with Crippen LogP contribution >= 0.6 is 0 Å². The molecule has 0 saturated carbocycles. The van der Waals surface area contributed by atoms with E-state index in [0.29, 0.717) is 16.8 Å². The van der Waals surface area contributed by atoms with E-state index in [1.54, 1.807) is 13.0 Å². The third-order valence-corrected chi connectivity index (χ3v) is 2.21. The molecule has 0 atom stereocenters. The van der Waals surface area contributed by atoms with Crippen molar-refractivity contribution in [1.82, 2.24) is 10.1 Å². The molecule has 0 aliphatic rings. The maximum absolute atomic E-state index is 11.6. The summed E-state index contributed by atoms with van der Waals surface area (Å²) >= 11 is 0. The third kappa shape index (κ3) is 1.32. The predicted octanol–water partition coefficient (Wildman–Crippen LogP) is 1.78. The average Bonchev–Trinajstić information content (AvgIpc) is 2.48. The molecule has 0 radical (unpaired) electrons. The number of aromatic amines is 1. The molecule has 0 spiro atoms. The van der Waals surface area contributed by atoms with Gasteiger partial charge in [0.2, 0.25) is 5.71 Å². The van der Waals surface area contributed by atoms with Gasteiger partial charge in [0.15, 0.2) is 5.43 Å². The first-order chi connectivity index (χ1) is 6.72. The van der Waals surface area contributed by atoms with Gasteiger partial charge in [-0.3, -0.25) is 4.79 Å². The maximum atomic E-state index is 11.6. The van der Waals surface area contributed by atoms with Crippen molar-refractivity contribution in [2.75, 3.05) is 0 Å². The van der Waals surface area contributed by atoms with Gasteiger partial charge in [0.25, 0.3) is 0 Å². The normalized spacial score (nSPS) is 11.0. The van der Waals surface area contributed by atoms with Gasteiger partial charge in [-0.15, -0.1) is 0 Å². The summed E-state index contributed by atoms with van der Waals surface area (Å²) < 4.78 is 5.01. The van der Waals surface area contributed by atoms with Gasteiger partial charge in [-0.2, -0.15) is 0 Å². The second-order valence-corrected chi connectivity index (χ2v) is 3.38. The zero-order valence-corrected chi connectivity index (χ0v) is 8.26. The predicted molar refractivity (Wildman–Crippen MR) is 53.4 cm³/mol. The standard InChI is InChI=1S/C10H12N2O2/c1-3-4-7-5-8(13)9-6(2)12-14-10(9)11-7/h5H,3-4H2,1-2H3,(H,11,13). The summed E-state index contributed by atoms with van der Waals surface area (Å²) in [6, 6.07) is 1.62. The molecule has 0 amide bonds. The van der Waals surface area contributed by atoms with Gasteiger partial charge < -0.3 is 9.51 Å². The van der Waals surface area contributed by atoms with E-state index in [0.717, 1.165) is 18.5 Å². The lowest BCUT2D eigenvalue weighted by molar-refractivity contribution is 0.442. The Morgan fingerprint density at radius 1 is 1.57 bits per heavy atom. The minimum absolute atomic E-state index is 0.0130. The highest BCUT2D eigenvalue weighted by Crippen LogP contribution is 2.11. The van der Waals surface area contributed by atoms with Crippen molar-refractivity contribution < 1.29 is 4.52 Å². The number of pyridine rings is 1. The van der Waals surface area contributed by atoms with Gasteiger partial charge in [-0.1, -0.05) is 18.5 Å². The summed E-state index contributed by atoms with van der Waals surface area (Å²) in [5, 5.41) is 4.31. The lowest BCUT2D eigenvalue weighted by Crippen LogP contribution is -2.04. The van der Waals surface area contributed by atoms with Gasteiger partial charge in [0, 0.05) is 11.8 Å². The van der Waals surface area contributed by atoms with Crippen LogP contribution in [0.15, 0.2) is 15.4 Å². The van der Waals surface area contributed by atoms with Crippen molar-refractivity contribution in [3.05, 3.63) is 27.7 Å². The van der Waals surface area contributed by atoms with Crippen LogP contribution in [0, 0.1) is 6.92 Å². The lowest BCUT2D eigenvalue weighted by Gasteiger charge is -1.97. The largest absolute Gasteiger partial charge is 0.337 e. The second kappa shape index (κ2) is 3.29. The van der Waals surface area contributed by atoms with Crippen LogP contribution in [0.2, 0.25) is 0 Å². The van der Waals surface area contributed by atoms with E-state index in [2.05, 4.69) is 17.1 Å². The summed E-state index contributed by atoms with van der Waals surface area (Å²) in [7, 11) is 0. The topological polar surface area (TPSA) is 58.9 Å². The molecule has 2 rings (SSSR count). The zero-order valence-electron chi connectivity index (χ0n) is 8.26. The molecule has 1 N–H and O–H groups in total. The fourth-order valence-electron chi connectivity index (χ4n) is 1.56. The zero-order chi connectivity index (χ0) is 10.1. The fourth-order valence-corrected chi connectivity index (χ4v) is 1.56. The van der Waals surface area contributed by atoms with E-state index < -0.39 is 0 Å². The van der Waals surface area contributed by atoms with Crippen molar-refractivity contribution in [2.45, 2.75) is 26.7 Å². The molecule has 2 heterocycles. The Hall–Kier alpha value is -1.58. The summed E-state index contributed by atoms with van der Waals surface area (Å²) in [5.74, 6) is 0. The van der Waals surface area contributed by atoms with Crippen molar-refractivity contribution in [3.8, 4) is 0 Å². The molecule has 0 fully saturated rings. The molecule has 74 valence electrons. The molecule has 0 saturated heterocycles. The molecule has 2 aromatic rings. The number of hydrogen-bond acceptors (Lipinski definition) is 3. The van der Waals surface area contributed by atoms with Crippen molar-refractivity contribution in [2.24, 2.45) is 0 Å². The van der Waals surface area contributed by atoms with E-state index in [4.69, 9.17) is 4.52 Å². The average molecular weight is 192 g/mol. The van der Waals surface area contributed by atoms with Gasteiger partial charge >= 0.3 is 0 Å². The van der Waals surface area contributed by atoms with Gasteiger partial charge in [0.05, 0.1) is 5.69 Å². The van der Waals surface area contributed by atoms with Crippen molar-refractivity contribution in [1.29, 1.82) is 0 Å². The molecular formula is C10H12N2O2. The van der Waals surface area contributed by atoms with Crippen LogP contribution in [0.1, 0.15) is 24.7 Å². The SMILES string of the molecule is CCCc1cc(=O)c2c(C)noc2[nH]1. The molecule has 0 aliphatic heterocycles. The van der Waals surface area contributed by atoms with Crippen LogP contribution < -0.4 is 5.43 Å². The maximum Gasteiger partial charge on any atom is 0.240 e. The quantitative estimate of drug-likeness (QED) is 0.788. The molecular weight excluding hydrogens is 180 g/mol. The summed E-state index contributed by atoms with van der Waals surface area (Å²) in [6.45, 7) is 3.83. The van der Waals surface area contributed by atoms with Crippen LogP contribution in [0.5, 0.6) is 0 Å². The van der Waals surface area contributed by atoms with Crippen molar-refractivity contribution >= 4 is 11.1 Å². The van der Waals surface area contributed by atoms with E-state index >= 15 is 0 Å². The highest BCUT2D eigenvalue weighted by atomic mass is 16.5. The molecule has 0 unspecified atom stereocenters. The first-order valence-corrected chi connectivity index (χ1v) is 4.70. The third-order valence-electron chi connectivity index (χ3n) is 2.21. The minimum atomic E-state index is -0.0130. The van der Waals surface area contributed by atoms with Crippen LogP contribution in [0.3, 0.4) is 0 Å². The van der Waals surface area contributed by atoms with Crippen LogP contribution in [0.25, 0.3) is 11.1 Å². The van der Waals surface area contributed by atoms with Crippen LogP contribution in [-0.4, -0.2) is 10.1 Å². The Balaban J connectivity index is 2.68. The van der Waals surface area contributed by atoms with E-state index in [1.807, 2.05) is 0 Å². The Kier molecular flexibility index (Phi) is 2.11. The Morgan fingerprint density at radius 2 is 2.36 bits per heavy atom. The molecule has 0 aromatic carbocycles. The smallest absolute Gasteiger partial charge is 0.240 e. The number of nitrogens with one attached hydrogen (secondary N) is 1. The molecule has 14 heavy (non-hydrogen) atoms. The van der Waals surface area contributed by atoms with E-state index in [1.165, 1.54) is 0 Å².